The van der Waals surface area contributed by atoms with E-state index in [-0.39, 0.29) is 11.9 Å². The molecular weight excluding hydrogens is 396 g/mol. The highest BCUT2D eigenvalue weighted by Crippen LogP contribution is 2.27. The van der Waals surface area contributed by atoms with Crippen LogP contribution in [-0.2, 0) is 6.42 Å². The highest BCUT2D eigenvalue weighted by molar-refractivity contribution is 9.10. The Bertz CT molecular complexity index is 604. The van der Waals surface area contributed by atoms with Gasteiger partial charge in [0.1, 0.15) is 5.82 Å². The SMILES string of the molecule is NC(Cc1ccc(F)c(Br)c1)c1ccc(Br)c(Cl)c1. The minimum Gasteiger partial charge on any atom is -0.324 e. The average Bonchev–Trinajstić information content (AvgIpc) is 2.37. The van der Waals surface area contributed by atoms with E-state index >= 15 is 0 Å². The number of halogens is 4. The Morgan fingerprint density at radius 3 is 2.47 bits per heavy atom. The number of hydrogen-bond acceptors (Lipinski definition) is 1. The van der Waals surface area contributed by atoms with Gasteiger partial charge in [-0.25, -0.2) is 4.39 Å². The summed E-state index contributed by atoms with van der Waals surface area (Å²) in [5.41, 5.74) is 8.08. The van der Waals surface area contributed by atoms with E-state index in [1.54, 1.807) is 12.1 Å². The fourth-order valence-corrected chi connectivity index (χ4v) is 2.64. The maximum Gasteiger partial charge on any atom is 0.137 e. The Morgan fingerprint density at radius 2 is 1.84 bits per heavy atom. The summed E-state index contributed by atoms with van der Waals surface area (Å²) in [4.78, 5) is 0. The lowest BCUT2D eigenvalue weighted by atomic mass is 10.00. The highest BCUT2D eigenvalue weighted by atomic mass is 79.9. The van der Waals surface area contributed by atoms with Crippen LogP contribution in [-0.4, -0.2) is 0 Å². The van der Waals surface area contributed by atoms with Crippen molar-refractivity contribution in [3.05, 3.63) is 67.3 Å². The van der Waals surface area contributed by atoms with Crippen LogP contribution in [0.15, 0.2) is 45.3 Å². The van der Waals surface area contributed by atoms with Crippen molar-refractivity contribution < 1.29 is 4.39 Å². The highest BCUT2D eigenvalue weighted by Gasteiger charge is 2.10. The molecule has 0 bridgehead atoms. The van der Waals surface area contributed by atoms with E-state index in [0.717, 1.165) is 15.6 Å². The van der Waals surface area contributed by atoms with E-state index in [0.29, 0.717) is 15.9 Å². The average molecular weight is 408 g/mol. The third-order valence-corrected chi connectivity index (χ3v) is 4.65. The number of nitrogens with two attached hydrogens (primary N) is 1. The quantitative estimate of drug-likeness (QED) is 0.739. The Hall–Kier alpha value is -0.420. The van der Waals surface area contributed by atoms with Crippen LogP contribution in [0.2, 0.25) is 5.02 Å². The molecule has 19 heavy (non-hydrogen) atoms. The van der Waals surface area contributed by atoms with Gasteiger partial charge < -0.3 is 5.73 Å². The maximum atomic E-state index is 13.2. The fourth-order valence-electron chi connectivity index (χ4n) is 1.78. The molecule has 0 aliphatic rings. The van der Waals surface area contributed by atoms with Crippen molar-refractivity contribution >= 4 is 43.5 Å². The van der Waals surface area contributed by atoms with Crippen molar-refractivity contribution in [2.24, 2.45) is 5.73 Å². The first-order chi connectivity index (χ1) is 8.97. The van der Waals surface area contributed by atoms with Gasteiger partial charge in [0, 0.05) is 10.5 Å². The van der Waals surface area contributed by atoms with Crippen molar-refractivity contribution in [3.8, 4) is 0 Å². The molecule has 0 fully saturated rings. The Balaban J connectivity index is 2.17. The molecule has 0 aromatic heterocycles. The summed E-state index contributed by atoms with van der Waals surface area (Å²) in [6.45, 7) is 0. The molecule has 2 rings (SSSR count). The second-order valence-electron chi connectivity index (χ2n) is 4.23. The predicted molar refractivity (Wildman–Crippen MR) is 83.9 cm³/mol. The van der Waals surface area contributed by atoms with Gasteiger partial charge in [0.05, 0.1) is 9.50 Å². The van der Waals surface area contributed by atoms with Crippen molar-refractivity contribution in [3.63, 3.8) is 0 Å². The molecule has 2 aromatic carbocycles. The Labute approximate surface area is 133 Å². The molecule has 1 atom stereocenters. The van der Waals surface area contributed by atoms with E-state index in [1.165, 1.54) is 6.07 Å². The van der Waals surface area contributed by atoms with Crippen LogP contribution in [0.25, 0.3) is 0 Å². The maximum absolute atomic E-state index is 13.2. The molecule has 5 heteroatoms. The number of rotatable bonds is 3. The third-order valence-electron chi connectivity index (χ3n) is 2.81. The molecule has 0 aliphatic heterocycles. The summed E-state index contributed by atoms with van der Waals surface area (Å²) in [5, 5.41) is 0.633. The molecule has 2 aromatic rings. The molecule has 0 saturated heterocycles. The fraction of sp³-hybridized carbons (Fsp3) is 0.143. The standard InChI is InChI=1S/C14H11Br2ClFN/c15-10-3-2-9(7-12(10)17)14(19)6-8-1-4-13(18)11(16)5-8/h1-5,7,14H,6,19H2. The third kappa shape index (κ3) is 3.78. The monoisotopic (exact) mass is 405 g/mol. The van der Waals surface area contributed by atoms with Crippen molar-refractivity contribution in [2.45, 2.75) is 12.5 Å². The van der Waals surface area contributed by atoms with Crippen molar-refractivity contribution in [1.29, 1.82) is 0 Å². The van der Waals surface area contributed by atoms with Crippen LogP contribution in [0.5, 0.6) is 0 Å². The summed E-state index contributed by atoms with van der Waals surface area (Å²) < 4.78 is 14.4. The van der Waals surface area contributed by atoms with Gasteiger partial charge in [-0.3, -0.25) is 0 Å². The first kappa shape index (κ1) is 15.0. The lowest BCUT2D eigenvalue weighted by Gasteiger charge is -2.13. The van der Waals surface area contributed by atoms with E-state index < -0.39 is 0 Å². The molecule has 0 aliphatic carbocycles. The lowest BCUT2D eigenvalue weighted by molar-refractivity contribution is 0.618. The van der Waals surface area contributed by atoms with Crippen LogP contribution >= 0.6 is 43.5 Å². The molecule has 1 nitrogen and oxygen atoms in total. The van der Waals surface area contributed by atoms with Crippen LogP contribution in [0.1, 0.15) is 17.2 Å². The summed E-state index contributed by atoms with van der Waals surface area (Å²) in [6.07, 6.45) is 0.622. The zero-order chi connectivity index (χ0) is 14.0. The second-order valence-corrected chi connectivity index (χ2v) is 6.35. The zero-order valence-corrected chi connectivity index (χ0v) is 13.8. The molecule has 1 unspecified atom stereocenters. The van der Waals surface area contributed by atoms with Crippen molar-refractivity contribution in [1.82, 2.24) is 0 Å². The zero-order valence-electron chi connectivity index (χ0n) is 9.84. The Kier molecular flexibility index (Phi) is 5.01. The van der Waals surface area contributed by atoms with Crippen molar-refractivity contribution in [2.75, 3.05) is 0 Å². The lowest BCUT2D eigenvalue weighted by Crippen LogP contribution is -2.13. The van der Waals surface area contributed by atoms with Gasteiger partial charge in [-0.15, -0.1) is 0 Å². The van der Waals surface area contributed by atoms with Crippen LogP contribution < -0.4 is 5.73 Å². The Morgan fingerprint density at radius 1 is 1.11 bits per heavy atom. The predicted octanol–water partition coefficient (Wildman–Crippen LogP) is 5.25. The van der Waals surface area contributed by atoms with Gasteiger partial charge in [-0.05, 0) is 73.7 Å². The van der Waals surface area contributed by atoms with Gasteiger partial charge in [0.15, 0.2) is 0 Å². The van der Waals surface area contributed by atoms with Crippen LogP contribution in [0.4, 0.5) is 4.39 Å². The normalized spacial score (nSPS) is 12.5. The van der Waals surface area contributed by atoms with E-state index in [9.17, 15) is 4.39 Å². The molecule has 0 spiro atoms. The van der Waals surface area contributed by atoms with Gasteiger partial charge >= 0.3 is 0 Å². The van der Waals surface area contributed by atoms with E-state index in [4.69, 9.17) is 17.3 Å². The number of hydrogen-bond donors (Lipinski definition) is 1. The van der Waals surface area contributed by atoms with E-state index in [1.807, 2.05) is 18.2 Å². The van der Waals surface area contributed by atoms with Crippen LogP contribution in [0, 0.1) is 5.82 Å². The van der Waals surface area contributed by atoms with Gasteiger partial charge in [0.25, 0.3) is 0 Å². The minimum atomic E-state index is -0.274. The molecule has 0 amide bonds. The number of benzene rings is 2. The molecule has 2 N–H and O–H groups in total. The smallest absolute Gasteiger partial charge is 0.137 e. The first-order valence-electron chi connectivity index (χ1n) is 5.62. The summed E-state index contributed by atoms with van der Waals surface area (Å²) >= 11 is 12.6. The summed E-state index contributed by atoms with van der Waals surface area (Å²) in [6, 6.07) is 10.4. The van der Waals surface area contributed by atoms with Gasteiger partial charge in [-0.2, -0.15) is 0 Å². The molecule has 0 heterocycles. The topological polar surface area (TPSA) is 26.0 Å². The largest absolute Gasteiger partial charge is 0.324 e. The van der Waals surface area contributed by atoms with Gasteiger partial charge in [0.2, 0.25) is 0 Å². The van der Waals surface area contributed by atoms with Gasteiger partial charge in [-0.1, -0.05) is 23.7 Å². The van der Waals surface area contributed by atoms with Crippen LogP contribution in [0.3, 0.4) is 0 Å². The molecular formula is C14H11Br2ClFN. The second kappa shape index (κ2) is 6.35. The minimum absolute atomic E-state index is 0.178. The first-order valence-corrected chi connectivity index (χ1v) is 7.58. The molecule has 0 saturated carbocycles. The molecule has 100 valence electrons. The van der Waals surface area contributed by atoms with E-state index in [2.05, 4.69) is 31.9 Å². The summed E-state index contributed by atoms with van der Waals surface area (Å²) in [7, 11) is 0. The summed E-state index contributed by atoms with van der Waals surface area (Å²) in [5.74, 6) is -0.274. The molecule has 0 radical (unpaired) electrons.